The summed E-state index contributed by atoms with van der Waals surface area (Å²) in [5.74, 6) is 1.40. The summed E-state index contributed by atoms with van der Waals surface area (Å²) in [6.07, 6.45) is 0.749. The van der Waals surface area contributed by atoms with Gasteiger partial charge in [0, 0.05) is 63.4 Å². The maximum Gasteiger partial charge on any atom is 0.501 e. The Morgan fingerprint density at radius 1 is 0.651 bits per heavy atom. The fraction of sp³-hybridized carbons (Fsp3) is 0.412. The molecule has 0 N–H and O–H groups in total. The minimum absolute atomic E-state index is 0.0859. The van der Waals surface area contributed by atoms with E-state index in [-0.39, 0.29) is 13.6 Å². The van der Waals surface area contributed by atoms with Crippen molar-refractivity contribution in [1.82, 2.24) is 0 Å². The number of ether oxygens (including phenoxy) is 5. The molecule has 0 atom stereocenters. The molecule has 0 aliphatic heterocycles. The zero-order chi connectivity index (χ0) is 30.5. The normalized spacial score (nSPS) is 11.8. The van der Waals surface area contributed by atoms with Crippen molar-refractivity contribution in [2.24, 2.45) is 0 Å². The zero-order valence-electron chi connectivity index (χ0n) is 26.0. The minimum Gasteiger partial charge on any atom is -0.467 e. The van der Waals surface area contributed by atoms with Crippen LogP contribution in [0.1, 0.15) is 32.8 Å². The average Bonchev–Trinajstić information content (AvgIpc) is 3.02. The maximum atomic E-state index is 6.35. The molecule has 4 aromatic rings. The Hall–Kier alpha value is -3.02. The highest BCUT2D eigenvalue weighted by Gasteiger charge is 2.39. The Morgan fingerprint density at radius 2 is 1.26 bits per heavy atom. The van der Waals surface area contributed by atoms with Gasteiger partial charge in [0.05, 0.1) is 6.61 Å². The van der Waals surface area contributed by atoms with E-state index in [4.69, 9.17) is 37.0 Å². The Kier molecular flexibility index (Phi) is 12.8. The lowest BCUT2D eigenvalue weighted by Gasteiger charge is -2.28. The molecule has 9 heteroatoms. The standard InChI is InChI=1S/C34H44O8Si/c1-6-40-43(41-7-2,42-8-3)21-13-20-37-23-28-22-27-15-10-12-17-30(27)33(34(28)39-25-36-5)32-29-16-11-9-14-26(29)18-19-31(32)38-24-35-4/h9-12,14-19,22H,6-8,13,20-21,23-25H2,1-5H3. The third-order valence-corrected chi connectivity index (χ3v) is 10.1. The van der Waals surface area contributed by atoms with Crippen LogP contribution in [0.2, 0.25) is 6.04 Å². The Labute approximate surface area is 256 Å². The number of hydrogen-bond acceptors (Lipinski definition) is 8. The van der Waals surface area contributed by atoms with E-state index in [9.17, 15) is 0 Å². The van der Waals surface area contributed by atoms with Gasteiger partial charge < -0.3 is 37.0 Å². The molecule has 0 fully saturated rings. The van der Waals surface area contributed by atoms with E-state index >= 15 is 0 Å². The van der Waals surface area contributed by atoms with Gasteiger partial charge in [0.15, 0.2) is 13.6 Å². The molecule has 0 spiro atoms. The second-order valence-corrected chi connectivity index (χ2v) is 12.6. The maximum absolute atomic E-state index is 6.35. The van der Waals surface area contributed by atoms with Gasteiger partial charge in [-0.05, 0) is 60.9 Å². The lowest BCUT2D eigenvalue weighted by Crippen LogP contribution is -2.46. The fourth-order valence-electron chi connectivity index (χ4n) is 5.35. The van der Waals surface area contributed by atoms with Crippen molar-refractivity contribution < 1.29 is 37.0 Å². The molecule has 0 saturated carbocycles. The predicted octanol–water partition coefficient (Wildman–Crippen LogP) is 7.58. The molecule has 0 aliphatic rings. The molecule has 0 aliphatic carbocycles. The first-order valence-electron chi connectivity index (χ1n) is 14.9. The van der Waals surface area contributed by atoms with Crippen LogP contribution in [-0.2, 0) is 34.1 Å². The molecule has 0 aromatic heterocycles. The largest absolute Gasteiger partial charge is 0.501 e. The molecule has 0 heterocycles. The van der Waals surface area contributed by atoms with Gasteiger partial charge in [-0.25, -0.2) is 0 Å². The molecule has 0 saturated heterocycles. The van der Waals surface area contributed by atoms with E-state index in [1.54, 1.807) is 14.2 Å². The van der Waals surface area contributed by atoms with Gasteiger partial charge in [0.1, 0.15) is 11.5 Å². The topological polar surface area (TPSA) is 73.8 Å². The van der Waals surface area contributed by atoms with Crippen molar-refractivity contribution in [3.63, 3.8) is 0 Å². The molecule has 4 aromatic carbocycles. The Morgan fingerprint density at radius 3 is 1.91 bits per heavy atom. The van der Waals surface area contributed by atoms with Crippen LogP contribution in [-0.4, -0.2) is 63.0 Å². The summed E-state index contributed by atoms with van der Waals surface area (Å²) in [4.78, 5) is 0. The van der Waals surface area contributed by atoms with Crippen molar-refractivity contribution in [1.29, 1.82) is 0 Å². The Balaban J connectivity index is 1.73. The summed E-state index contributed by atoms with van der Waals surface area (Å²) in [7, 11) is 0.503. The molecule has 43 heavy (non-hydrogen) atoms. The van der Waals surface area contributed by atoms with Crippen LogP contribution in [0, 0.1) is 0 Å². The SMILES string of the molecule is CCO[Si](CCCOCc1cc2ccccc2c(-c2c(OCOC)ccc3ccccc23)c1OCOC)(OCC)OCC. The molecule has 4 rings (SSSR count). The van der Waals surface area contributed by atoms with Gasteiger partial charge in [-0.2, -0.15) is 0 Å². The highest BCUT2D eigenvalue weighted by atomic mass is 28.4. The number of fused-ring (bicyclic) bond motifs is 2. The van der Waals surface area contributed by atoms with Crippen LogP contribution >= 0.6 is 0 Å². The smallest absolute Gasteiger partial charge is 0.467 e. The third kappa shape index (κ3) is 8.13. The van der Waals surface area contributed by atoms with Crippen LogP contribution in [0.4, 0.5) is 0 Å². The predicted molar refractivity (Wildman–Crippen MR) is 172 cm³/mol. The van der Waals surface area contributed by atoms with E-state index in [1.807, 2.05) is 51.1 Å². The van der Waals surface area contributed by atoms with Gasteiger partial charge in [-0.3, -0.25) is 0 Å². The van der Waals surface area contributed by atoms with Crippen LogP contribution in [0.15, 0.2) is 66.7 Å². The lowest BCUT2D eigenvalue weighted by atomic mass is 9.90. The molecule has 0 amide bonds. The fourth-order valence-corrected chi connectivity index (χ4v) is 7.93. The highest BCUT2D eigenvalue weighted by molar-refractivity contribution is 6.60. The van der Waals surface area contributed by atoms with Gasteiger partial charge in [-0.1, -0.05) is 54.6 Å². The molecular formula is C34H44O8Si. The van der Waals surface area contributed by atoms with Crippen LogP contribution < -0.4 is 9.47 Å². The van der Waals surface area contributed by atoms with Crippen LogP contribution in [0.25, 0.3) is 32.7 Å². The van der Waals surface area contributed by atoms with Gasteiger partial charge in [0.25, 0.3) is 0 Å². The Bertz CT molecular complexity index is 1430. The van der Waals surface area contributed by atoms with Crippen molar-refractivity contribution in [2.75, 3.05) is 54.2 Å². The average molecular weight is 609 g/mol. The monoisotopic (exact) mass is 608 g/mol. The second kappa shape index (κ2) is 16.7. The summed E-state index contributed by atoms with van der Waals surface area (Å²) >= 11 is 0. The first kappa shape index (κ1) is 32.9. The summed E-state index contributed by atoms with van der Waals surface area (Å²) < 4.78 is 47.5. The minimum atomic E-state index is -2.73. The molecule has 0 radical (unpaired) electrons. The lowest BCUT2D eigenvalue weighted by molar-refractivity contribution is 0.0469. The quantitative estimate of drug-likeness (QED) is 0.0613. The third-order valence-electron chi connectivity index (χ3n) is 6.99. The number of benzene rings is 4. The number of methoxy groups -OCH3 is 2. The summed E-state index contributed by atoms with van der Waals surface area (Å²) in [6, 6.07) is 23.4. The first-order valence-corrected chi connectivity index (χ1v) is 16.8. The second-order valence-electron chi connectivity index (χ2n) is 9.86. The zero-order valence-corrected chi connectivity index (χ0v) is 27.0. The van der Waals surface area contributed by atoms with Crippen molar-refractivity contribution in [3.8, 4) is 22.6 Å². The molecule has 0 bridgehead atoms. The highest BCUT2D eigenvalue weighted by Crippen LogP contribution is 2.47. The summed E-state index contributed by atoms with van der Waals surface area (Å²) in [5, 5.41) is 4.25. The molecule has 8 nitrogen and oxygen atoms in total. The number of rotatable bonds is 19. The van der Waals surface area contributed by atoms with Crippen molar-refractivity contribution in [3.05, 3.63) is 72.3 Å². The molecule has 232 valence electrons. The van der Waals surface area contributed by atoms with E-state index in [0.717, 1.165) is 44.7 Å². The van der Waals surface area contributed by atoms with Crippen molar-refractivity contribution in [2.45, 2.75) is 39.8 Å². The summed E-state index contributed by atoms with van der Waals surface area (Å²) in [6.45, 7) is 8.64. The van der Waals surface area contributed by atoms with Crippen LogP contribution in [0.5, 0.6) is 11.5 Å². The van der Waals surface area contributed by atoms with Gasteiger partial charge in [0.2, 0.25) is 0 Å². The van der Waals surface area contributed by atoms with E-state index in [2.05, 4.69) is 36.4 Å². The van der Waals surface area contributed by atoms with E-state index in [1.165, 1.54) is 0 Å². The molecular weight excluding hydrogens is 564 g/mol. The van der Waals surface area contributed by atoms with Crippen LogP contribution in [0.3, 0.4) is 0 Å². The van der Waals surface area contributed by atoms with E-state index in [0.29, 0.717) is 50.6 Å². The van der Waals surface area contributed by atoms with Gasteiger partial charge >= 0.3 is 8.80 Å². The first-order chi connectivity index (χ1) is 21.1. The van der Waals surface area contributed by atoms with Crippen molar-refractivity contribution >= 4 is 30.3 Å². The molecule has 0 unspecified atom stereocenters. The summed E-state index contributed by atoms with van der Waals surface area (Å²) in [5.41, 5.74) is 2.77. The van der Waals surface area contributed by atoms with Gasteiger partial charge in [-0.15, -0.1) is 0 Å². The van der Waals surface area contributed by atoms with E-state index < -0.39 is 8.80 Å². The number of hydrogen-bond donors (Lipinski definition) is 0.